The van der Waals surface area contributed by atoms with E-state index in [1.165, 1.54) is 0 Å². The summed E-state index contributed by atoms with van der Waals surface area (Å²) < 4.78 is 0. The van der Waals surface area contributed by atoms with Gasteiger partial charge in [-0.1, -0.05) is 23.2 Å². The van der Waals surface area contributed by atoms with Gasteiger partial charge in [-0.2, -0.15) is 0 Å². The molecule has 0 amide bonds. The van der Waals surface area contributed by atoms with Crippen molar-refractivity contribution in [1.82, 2.24) is 10.2 Å². The molecule has 1 N–H and O–H groups in total. The zero-order valence-electron chi connectivity index (χ0n) is 12.2. The smallest absolute Gasteiger partial charge is 0.0451 e. The molecule has 4 heteroatoms. The Morgan fingerprint density at radius 2 is 1.74 bits per heavy atom. The Morgan fingerprint density at radius 1 is 1.11 bits per heavy atom. The number of benzene rings is 1. The predicted molar refractivity (Wildman–Crippen MR) is 85.1 cm³/mol. The Morgan fingerprint density at radius 3 is 2.32 bits per heavy atom. The third-order valence-electron chi connectivity index (χ3n) is 3.20. The molecule has 0 aliphatic rings. The molecule has 0 heterocycles. The van der Waals surface area contributed by atoms with Gasteiger partial charge in [-0.05, 0) is 51.5 Å². The average Bonchev–Trinajstić information content (AvgIpc) is 2.32. The highest BCUT2D eigenvalue weighted by atomic mass is 35.5. The lowest BCUT2D eigenvalue weighted by Crippen LogP contribution is -2.41. The van der Waals surface area contributed by atoms with Gasteiger partial charge in [0.05, 0.1) is 0 Å². The van der Waals surface area contributed by atoms with Crippen molar-refractivity contribution < 1.29 is 0 Å². The van der Waals surface area contributed by atoms with Crippen LogP contribution in [0, 0.1) is 0 Å². The zero-order valence-corrected chi connectivity index (χ0v) is 13.7. The predicted octanol–water partition coefficient (Wildman–Crippen LogP) is 4.20. The molecule has 0 unspecified atom stereocenters. The van der Waals surface area contributed by atoms with E-state index >= 15 is 0 Å². The van der Waals surface area contributed by atoms with Crippen molar-refractivity contribution in [2.45, 2.75) is 46.3 Å². The summed E-state index contributed by atoms with van der Waals surface area (Å²) >= 11 is 12.1. The van der Waals surface area contributed by atoms with Gasteiger partial charge < -0.3 is 5.32 Å². The number of hydrogen-bond donors (Lipinski definition) is 1. The molecule has 0 spiro atoms. The lowest BCUT2D eigenvalue weighted by molar-refractivity contribution is 0.176. The van der Waals surface area contributed by atoms with Gasteiger partial charge in [0.1, 0.15) is 0 Å². The molecule has 0 saturated heterocycles. The quantitative estimate of drug-likeness (QED) is 0.759. The van der Waals surface area contributed by atoms with Gasteiger partial charge in [0, 0.05) is 41.8 Å². The summed E-state index contributed by atoms with van der Waals surface area (Å²) in [7, 11) is 0. The van der Waals surface area contributed by atoms with Crippen LogP contribution >= 0.6 is 23.2 Å². The van der Waals surface area contributed by atoms with Crippen LogP contribution in [0.3, 0.4) is 0 Å². The molecule has 0 bridgehead atoms. The Kier molecular flexibility index (Phi) is 7.16. The van der Waals surface area contributed by atoms with Crippen LogP contribution in [0.15, 0.2) is 18.2 Å². The molecule has 0 aliphatic heterocycles. The lowest BCUT2D eigenvalue weighted by atomic mass is 10.2. The van der Waals surface area contributed by atoms with Crippen molar-refractivity contribution in [3.05, 3.63) is 33.8 Å². The normalized spacial score (nSPS) is 11.8. The average molecular weight is 303 g/mol. The Bertz CT molecular complexity index is 384. The molecule has 1 rings (SSSR count). The van der Waals surface area contributed by atoms with E-state index in [1.54, 1.807) is 0 Å². The van der Waals surface area contributed by atoms with Crippen molar-refractivity contribution in [1.29, 1.82) is 0 Å². The van der Waals surface area contributed by atoms with E-state index in [2.05, 4.69) is 37.9 Å². The molecule has 19 heavy (non-hydrogen) atoms. The standard InChI is InChI=1S/C15H24Cl2N2/c1-11(2)19(12(3)4)8-7-18-10-13-9-14(16)5-6-15(13)17/h5-6,9,11-12,18H,7-8,10H2,1-4H3. The Labute approximate surface area is 127 Å². The van der Waals surface area contributed by atoms with Crippen molar-refractivity contribution in [3.8, 4) is 0 Å². The zero-order chi connectivity index (χ0) is 14.4. The van der Waals surface area contributed by atoms with E-state index in [0.717, 1.165) is 35.2 Å². The SMILES string of the molecule is CC(C)N(CCNCc1cc(Cl)ccc1Cl)C(C)C. The van der Waals surface area contributed by atoms with E-state index < -0.39 is 0 Å². The molecular weight excluding hydrogens is 279 g/mol. The summed E-state index contributed by atoms with van der Waals surface area (Å²) in [6.45, 7) is 11.7. The third kappa shape index (κ3) is 5.70. The topological polar surface area (TPSA) is 15.3 Å². The number of halogens is 2. The van der Waals surface area contributed by atoms with Crippen LogP contribution in [0.4, 0.5) is 0 Å². The molecule has 2 nitrogen and oxygen atoms in total. The Balaban J connectivity index is 2.40. The Hall–Kier alpha value is -0.280. The molecule has 0 saturated carbocycles. The van der Waals surface area contributed by atoms with Crippen LogP contribution in [-0.4, -0.2) is 30.1 Å². The molecule has 1 aromatic carbocycles. The number of rotatable bonds is 7. The fourth-order valence-electron chi connectivity index (χ4n) is 2.22. The third-order valence-corrected chi connectivity index (χ3v) is 3.80. The fourth-order valence-corrected chi connectivity index (χ4v) is 2.60. The van der Waals surface area contributed by atoms with Gasteiger partial charge in [0.2, 0.25) is 0 Å². The summed E-state index contributed by atoms with van der Waals surface area (Å²) in [5, 5.41) is 4.92. The molecule has 0 aliphatic carbocycles. The van der Waals surface area contributed by atoms with E-state index in [-0.39, 0.29) is 0 Å². The van der Waals surface area contributed by atoms with Crippen LogP contribution < -0.4 is 5.32 Å². The summed E-state index contributed by atoms with van der Waals surface area (Å²) in [4.78, 5) is 2.46. The first-order valence-corrected chi connectivity index (χ1v) is 7.57. The van der Waals surface area contributed by atoms with Gasteiger partial charge in [0.15, 0.2) is 0 Å². The van der Waals surface area contributed by atoms with Gasteiger partial charge in [0.25, 0.3) is 0 Å². The first-order valence-electron chi connectivity index (χ1n) is 6.82. The second kappa shape index (κ2) is 8.11. The number of nitrogens with zero attached hydrogens (tertiary/aromatic N) is 1. The summed E-state index contributed by atoms with van der Waals surface area (Å²) in [5.41, 5.74) is 1.05. The van der Waals surface area contributed by atoms with Crippen molar-refractivity contribution in [2.24, 2.45) is 0 Å². The number of nitrogens with one attached hydrogen (secondary N) is 1. The van der Waals surface area contributed by atoms with Crippen LogP contribution in [0.2, 0.25) is 10.0 Å². The second-order valence-corrected chi connectivity index (χ2v) is 6.18. The second-order valence-electron chi connectivity index (χ2n) is 5.34. The van der Waals surface area contributed by atoms with E-state index in [4.69, 9.17) is 23.2 Å². The highest BCUT2D eigenvalue weighted by molar-refractivity contribution is 6.33. The van der Waals surface area contributed by atoms with Gasteiger partial charge >= 0.3 is 0 Å². The van der Waals surface area contributed by atoms with Crippen LogP contribution in [-0.2, 0) is 6.54 Å². The minimum Gasteiger partial charge on any atom is -0.311 e. The van der Waals surface area contributed by atoms with Gasteiger partial charge in [-0.3, -0.25) is 4.90 Å². The van der Waals surface area contributed by atoms with Crippen LogP contribution in [0.5, 0.6) is 0 Å². The van der Waals surface area contributed by atoms with E-state index in [1.807, 2.05) is 18.2 Å². The molecule has 1 aromatic rings. The van der Waals surface area contributed by atoms with Crippen LogP contribution in [0.25, 0.3) is 0 Å². The van der Waals surface area contributed by atoms with Crippen molar-refractivity contribution in [3.63, 3.8) is 0 Å². The van der Waals surface area contributed by atoms with E-state index in [9.17, 15) is 0 Å². The van der Waals surface area contributed by atoms with E-state index in [0.29, 0.717) is 12.1 Å². The van der Waals surface area contributed by atoms with Crippen molar-refractivity contribution in [2.75, 3.05) is 13.1 Å². The highest BCUT2D eigenvalue weighted by Crippen LogP contribution is 2.20. The maximum Gasteiger partial charge on any atom is 0.0451 e. The molecule has 0 fully saturated rings. The molecule has 0 aromatic heterocycles. The first-order chi connectivity index (χ1) is 8.91. The number of hydrogen-bond acceptors (Lipinski definition) is 2. The lowest BCUT2D eigenvalue weighted by Gasteiger charge is -2.30. The first kappa shape index (κ1) is 16.8. The summed E-state index contributed by atoms with van der Waals surface area (Å²) in [6.07, 6.45) is 0. The highest BCUT2D eigenvalue weighted by Gasteiger charge is 2.12. The fraction of sp³-hybridized carbons (Fsp3) is 0.600. The molecule has 108 valence electrons. The minimum atomic E-state index is 0.566. The molecular formula is C15H24Cl2N2. The minimum absolute atomic E-state index is 0.566. The largest absolute Gasteiger partial charge is 0.311 e. The maximum absolute atomic E-state index is 6.13. The summed E-state index contributed by atoms with van der Waals surface area (Å²) in [5.74, 6) is 0. The van der Waals surface area contributed by atoms with Crippen molar-refractivity contribution >= 4 is 23.2 Å². The van der Waals surface area contributed by atoms with Gasteiger partial charge in [-0.25, -0.2) is 0 Å². The summed E-state index contributed by atoms with van der Waals surface area (Å²) in [6, 6.07) is 6.70. The maximum atomic E-state index is 6.13. The monoisotopic (exact) mass is 302 g/mol. The van der Waals surface area contributed by atoms with Gasteiger partial charge in [-0.15, -0.1) is 0 Å². The molecule has 0 radical (unpaired) electrons. The van der Waals surface area contributed by atoms with Crippen LogP contribution in [0.1, 0.15) is 33.3 Å². The molecule has 0 atom stereocenters.